The summed E-state index contributed by atoms with van der Waals surface area (Å²) in [6.07, 6.45) is 0. The van der Waals surface area contributed by atoms with Crippen LogP contribution in [0.3, 0.4) is 0 Å². The van der Waals surface area contributed by atoms with Crippen LogP contribution in [0.15, 0.2) is 18.2 Å². The van der Waals surface area contributed by atoms with Crippen LogP contribution in [0.5, 0.6) is 0 Å². The van der Waals surface area contributed by atoms with Gasteiger partial charge in [-0.25, -0.2) is 9.48 Å². The van der Waals surface area contributed by atoms with E-state index in [-0.39, 0.29) is 23.0 Å². The number of aromatic nitrogens is 2. The number of aryl methyl sites for hydroxylation is 1. The minimum absolute atomic E-state index is 0.0180. The predicted octanol–water partition coefficient (Wildman–Crippen LogP) is 3.33. The Bertz CT molecular complexity index is 668. The molecule has 1 heterocycles. The van der Waals surface area contributed by atoms with Crippen molar-refractivity contribution in [2.45, 2.75) is 13.5 Å². The fourth-order valence-electron chi connectivity index (χ4n) is 1.77. The van der Waals surface area contributed by atoms with Gasteiger partial charge in [-0.3, -0.25) is 0 Å². The summed E-state index contributed by atoms with van der Waals surface area (Å²) in [5.41, 5.74) is 1.71. The van der Waals surface area contributed by atoms with Gasteiger partial charge >= 0.3 is 5.97 Å². The van der Waals surface area contributed by atoms with Gasteiger partial charge in [-0.1, -0.05) is 29.3 Å². The highest BCUT2D eigenvalue weighted by Crippen LogP contribution is 2.26. The molecule has 0 saturated heterocycles. The summed E-state index contributed by atoms with van der Waals surface area (Å²) in [4.78, 5) is 11.3. The average molecular weight is 315 g/mol. The number of carboxylic acids is 1. The van der Waals surface area contributed by atoms with E-state index in [9.17, 15) is 9.90 Å². The molecule has 20 heavy (non-hydrogen) atoms. The van der Waals surface area contributed by atoms with Crippen molar-refractivity contribution in [2.24, 2.45) is 0 Å². The molecule has 0 aliphatic carbocycles. The average Bonchev–Trinajstić information content (AvgIpc) is 2.70. The summed E-state index contributed by atoms with van der Waals surface area (Å²) in [6, 6.07) is 5.26. The molecule has 0 bridgehead atoms. The molecule has 0 unspecified atom stereocenters. The molecule has 1 aromatic carbocycles. The van der Waals surface area contributed by atoms with Gasteiger partial charge in [0.2, 0.25) is 0 Å². The zero-order valence-electron chi connectivity index (χ0n) is 10.9. The van der Waals surface area contributed by atoms with Crippen LogP contribution in [0.1, 0.15) is 21.6 Å². The van der Waals surface area contributed by atoms with E-state index in [1.165, 1.54) is 11.8 Å². The summed E-state index contributed by atoms with van der Waals surface area (Å²) in [5, 5.41) is 14.0. The third kappa shape index (κ3) is 2.65. The Morgan fingerprint density at radius 2 is 2.15 bits per heavy atom. The summed E-state index contributed by atoms with van der Waals surface area (Å²) < 4.78 is 6.28. The number of rotatable bonds is 4. The van der Waals surface area contributed by atoms with Gasteiger partial charge in [0.1, 0.15) is 16.4 Å². The van der Waals surface area contributed by atoms with Gasteiger partial charge in [-0.2, -0.15) is 5.10 Å². The van der Waals surface area contributed by atoms with Crippen LogP contribution >= 0.6 is 23.2 Å². The van der Waals surface area contributed by atoms with Crippen molar-refractivity contribution in [3.8, 4) is 5.69 Å². The first-order valence-corrected chi connectivity index (χ1v) is 6.47. The second-order valence-electron chi connectivity index (χ2n) is 4.20. The van der Waals surface area contributed by atoms with Crippen LogP contribution < -0.4 is 0 Å². The lowest BCUT2D eigenvalue weighted by atomic mass is 10.2. The Kier molecular flexibility index (Phi) is 4.32. The summed E-state index contributed by atoms with van der Waals surface area (Å²) in [6.45, 7) is 1.93. The first-order valence-electron chi connectivity index (χ1n) is 5.72. The molecule has 2 aromatic rings. The van der Waals surface area contributed by atoms with Crippen molar-refractivity contribution in [3.63, 3.8) is 0 Å². The van der Waals surface area contributed by atoms with E-state index in [4.69, 9.17) is 27.9 Å². The van der Waals surface area contributed by atoms with Gasteiger partial charge in [-0.15, -0.1) is 0 Å². The number of ether oxygens (including phenoxy) is 1. The fourth-order valence-corrected chi connectivity index (χ4v) is 2.27. The molecule has 0 saturated carbocycles. The van der Waals surface area contributed by atoms with Crippen LogP contribution in [0.4, 0.5) is 0 Å². The largest absolute Gasteiger partial charge is 0.478 e. The second kappa shape index (κ2) is 5.83. The lowest BCUT2D eigenvalue weighted by Crippen LogP contribution is -2.01. The number of carboxylic acid groups (broad SMARTS) is 1. The zero-order valence-corrected chi connectivity index (χ0v) is 12.4. The highest BCUT2D eigenvalue weighted by Gasteiger charge is 2.23. The highest BCUT2D eigenvalue weighted by molar-refractivity contribution is 6.33. The summed E-state index contributed by atoms with van der Waals surface area (Å²) in [7, 11) is 1.46. The van der Waals surface area contributed by atoms with E-state index >= 15 is 0 Å². The number of benzene rings is 1. The maximum atomic E-state index is 11.3. The van der Waals surface area contributed by atoms with Gasteiger partial charge in [0.25, 0.3) is 0 Å². The molecular weight excluding hydrogens is 303 g/mol. The van der Waals surface area contributed by atoms with Gasteiger partial charge < -0.3 is 9.84 Å². The Morgan fingerprint density at radius 3 is 2.70 bits per heavy atom. The van der Waals surface area contributed by atoms with E-state index < -0.39 is 5.97 Å². The quantitative estimate of drug-likeness (QED) is 0.940. The van der Waals surface area contributed by atoms with Crippen molar-refractivity contribution >= 4 is 29.2 Å². The van der Waals surface area contributed by atoms with Gasteiger partial charge in [-0.05, 0) is 24.6 Å². The van der Waals surface area contributed by atoms with E-state index in [0.717, 1.165) is 5.56 Å². The van der Waals surface area contributed by atoms with Crippen LogP contribution in [0, 0.1) is 6.92 Å². The number of nitrogens with zero attached hydrogens (tertiary/aromatic N) is 2. The normalized spacial score (nSPS) is 10.8. The molecule has 1 N–H and O–H groups in total. The third-order valence-corrected chi connectivity index (χ3v) is 3.55. The standard InChI is InChI=1S/C13H12Cl2N2O3/c1-7-3-4-8(5-9(7)14)17-12(15)11(13(18)19)10(16-17)6-20-2/h3-5H,6H2,1-2H3,(H,18,19). The van der Waals surface area contributed by atoms with Gasteiger partial charge in [0.15, 0.2) is 0 Å². The first-order chi connectivity index (χ1) is 9.45. The van der Waals surface area contributed by atoms with Crippen LogP contribution in [0.25, 0.3) is 5.69 Å². The minimum atomic E-state index is -1.15. The van der Waals surface area contributed by atoms with Crippen molar-refractivity contribution in [2.75, 3.05) is 7.11 Å². The highest BCUT2D eigenvalue weighted by atomic mass is 35.5. The van der Waals surface area contributed by atoms with Crippen molar-refractivity contribution in [3.05, 3.63) is 45.2 Å². The van der Waals surface area contributed by atoms with Crippen molar-refractivity contribution < 1.29 is 14.6 Å². The van der Waals surface area contributed by atoms with E-state index in [0.29, 0.717) is 10.7 Å². The monoisotopic (exact) mass is 314 g/mol. The molecule has 7 heteroatoms. The Hall–Kier alpha value is -1.56. The molecule has 106 valence electrons. The lowest BCUT2D eigenvalue weighted by molar-refractivity contribution is 0.0692. The maximum Gasteiger partial charge on any atom is 0.340 e. The smallest absolute Gasteiger partial charge is 0.340 e. The number of carbonyl (C=O) groups is 1. The van der Waals surface area contributed by atoms with Gasteiger partial charge in [0.05, 0.1) is 12.3 Å². The number of hydrogen-bond acceptors (Lipinski definition) is 3. The van der Waals surface area contributed by atoms with Gasteiger partial charge in [0, 0.05) is 12.1 Å². The third-order valence-electron chi connectivity index (χ3n) is 2.80. The molecular formula is C13H12Cl2N2O3. The molecule has 2 rings (SSSR count). The molecule has 5 nitrogen and oxygen atoms in total. The minimum Gasteiger partial charge on any atom is -0.478 e. The Balaban J connectivity index is 2.59. The molecule has 0 aliphatic rings. The molecule has 0 aliphatic heterocycles. The first kappa shape index (κ1) is 14.8. The Labute approximate surface area is 125 Å². The van der Waals surface area contributed by atoms with Crippen LogP contribution in [-0.2, 0) is 11.3 Å². The van der Waals surface area contributed by atoms with Crippen LogP contribution in [0.2, 0.25) is 10.2 Å². The zero-order chi connectivity index (χ0) is 14.9. The number of hydrogen-bond donors (Lipinski definition) is 1. The van der Waals surface area contributed by atoms with Crippen molar-refractivity contribution in [1.29, 1.82) is 0 Å². The SMILES string of the molecule is COCc1nn(-c2ccc(C)c(Cl)c2)c(Cl)c1C(=O)O. The molecule has 0 fully saturated rings. The molecule has 0 radical (unpaired) electrons. The lowest BCUT2D eigenvalue weighted by Gasteiger charge is -2.05. The number of halogens is 2. The summed E-state index contributed by atoms with van der Waals surface area (Å²) >= 11 is 12.2. The number of methoxy groups -OCH3 is 1. The van der Waals surface area contributed by atoms with Crippen molar-refractivity contribution in [1.82, 2.24) is 9.78 Å². The molecule has 0 amide bonds. The molecule has 1 aromatic heterocycles. The van der Waals surface area contributed by atoms with E-state index in [2.05, 4.69) is 5.10 Å². The predicted molar refractivity (Wildman–Crippen MR) is 76.0 cm³/mol. The van der Waals surface area contributed by atoms with E-state index in [1.807, 2.05) is 13.0 Å². The van der Waals surface area contributed by atoms with Crippen LogP contribution in [-0.4, -0.2) is 28.0 Å². The molecule has 0 atom stereocenters. The molecule has 0 spiro atoms. The topological polar surface area (TPSA) is 64.4 Å². The summed E-state index contributed by atoms with van der Waals surface area (Å²) in [5.74, 6) is -1.15. The number of aromatic carboxylic acids is 1. The fraction of sp³-hybridized carbons (Fsp3) is 0.231. The maximum absolute atomic E-state index is 11.3. The Morgan fingerprint density at radius 1 is 1.45 bits per heavy atom. The van der Waals surface area contributed by atoms with E-state index in [1.54, 1.807) is 12.1 Å². The second-order valence-corrected chi connectivity index (χ2v) is 4.96.